The highest BCUT2D eigenvalue weighted by Gasteiger charge is 2.56. The van der Waals surface area contributed by atoms with E-state index in [0.717, 1.165) is 4.90 Å². The van der Waals surface area contributed by atoms with E-state index >= 15 is 0 Å². The Hall–Kier alpha value is -6.56. The highest BCUT2D eigenvalue weighted by Crippen LogP contribution is 2.39. The molecule has 2 aliphatic heterocycles. The van der Waals surface area contributed by atoms with Crippen molar-refractivity contribution in [3.05, 3.63) is 64.1 Å². The molecule has 0 spiro atoms. The number of carbonyl (C=O) groups excluding carboxylic acids is 6. The number of nitrogens with one attached hydrogen (secondary N) is 6. The van der Waals surface area contributed by atoms with Gasteiger partial charge in [-0.25, -0.2) is 24.0 Å². The molecule has 4 aliphatic rings. The van der Waals surface area contributed by atoms with Crippen molar-refractivity contribution in [3.8, 4) is 0 Å². The van der Waals surface area contributed by atoms with Crippen LogP contribution < -0.4 is 31.9 Å². The van der Waals surface area contributed by atoms with E-state index in [9.17, 15) is 59.3 Å². The predicted octanol–water partition coefficient (Wildman–Crippen LogP) is 3.61. The predicted molar refractivity (Wildman–Crippen MR) is 295 cm³/mol. The van der Waals surface area contributed by atoms with Gasteiger partial charge in [0, 0.05) is 49.8 Å². The van der Waals surface area contributed by atoms with Crippen LogP contribution >= 0.6 is 0 Å². The van der Waals surface area contributed by atoms with E-state index in [4.69, 9.17) is 37.9 Å². The number of aliphatic hydroxyl groups is 4. The molecule has 28 nitrogen and oxygen atoms in total. The van der Waals surface area contributed by atoms with Gasteiger partial charge in [0.15, 0.2) is 6.29 Å². The molecule has 28 heteroatoms. The van der Waals surface area contributed by atoms with Crippen LogP contribution in [0.4, 0.5) is 29.7 Å². The number of carbonyl (C=O) groups is 6. The Morgan fingerprint density at radius 3 is 2.07 bits per heavy atom. The van der Waals surface area contributed by atoms with Gasteiger partial charge in [-0.3, -0.25) is 14.9 Å². The van der Waals surface area contributed by atoms with Crippen molar-refractivity contribution in [3.63, 3.8) is 0 Å². The number of allylic oxidation sites excluding steroid dienone is 1. The minimum absolute atomic E-state index is 0.0330. The Balaban J connectivity index is 1.51. The lowest BCUT2D eigenvalue weighted by molar-refractivity contribution is -0.384. The molecule has 83 heavy (non-hydrogen) atoms. The summed E-state index contributed by atoms with van der Waals surface area (Å²) in [6.07, 6.45) is -11.6. The third kappa shape index (κ3) is 20.6. The van der Waals surface area contributed by atoms with Crippen LogP contribution in [-0.4, -0.2) is 189 Å². The first kappa shape index (κ1) is 67.2. The number of nitrogens with zero attached hydrogens (tertiary/aromatic N) is 2. The number of likely N-dealkylation sites (N-methyl/N-ethyl adjacent to an activating group) is 1. The lowest BCUT2D eigenvalue weighted by Crippen LogP contribution is -2.71. The quantitative estimate of drug-likeness (QED) is 0.0386. The molecular weight excluding hydrogens is 1090 g/mol. The van der Waals surface area contributed by atoms with Crippen LogP contribution in [0, 0.1) is 22.0 Å². The molecule has 12 atom stereocenters. The molecule has 1 aromatic carbocycles. The van der Waals surface area contributed by atoms with E-state index in [0.29, 0.717) is 24.9 Å². The zero-order valence-electron chi connectivity index (χ0n) is 49.4. The van der Waals surface area contributed by atoms with Crippen molar-refractivity contribution in [2.45, 2.75) is 204 Å². The topological polar surface area (TPSA) is 376 Å². The number of aliphatic hydroxyl groups excluding tert-OH is 3. The maximum Gasteiger partial charge on any atom is 0.412 e. The van der Waals surface area contributed by atoms with Gasteiger partial charge in [0.05, 0.1) is 42.0 Å². The number of benzene rings is 1. The van der Waals surface area contributed by atoms with Gasteiger partial charge in [-0.15, -0.1) is 0 Å². The zero-order valence-corrected chi connectivity index (χ0v) is 49.4. The fraction of sp³-hybridized carbons (Fsp3) is 0.709. The van der Waals surface area contributed by atoms with Gasteiger partial charge in [0.25, 0.3) is 5.69 Å². The third-order valence-corrected chi connectivity index (χ3v) is 13.8. The summed E-state index contributed by atoms with van der Waals surface area (Å²) in [6.45, 7) is 20.5. The van der Waals surface area contributed by atoms with Crippen LogP contribution in [0.2, 0.25) is 0 Å². The molecule has 0 bridgehead atoms. The monoisotopic (exact) mass is 1180 g/mol. The summed E-state index contributed by atoms with van der Waals surface area (Å²) < 4.78 is 46.3. The fourth-order valence-corrected chi connectivity index (χ4v) is 10.1. The van der Waals surface area contributed by atoms with Crippen molar-refractivity contribution in [2.75, 3.05) is 33.3 Å². The fourth-order valence-electron chi connectivity index (χ4n) is 10.1. The molecule has 0 aromatic heterocycles. The van der Waals surface area contributed by atoms with Gasteiger partial charge in [0.1, 0.15) is 59.2 Å². The lowest BCUT2D eigenvalue weighted by atomic mass is 9.71. The van der Waals surface area contributed by atoms with Crippen LogP contribution in [0.1, 0.15) is 114 Å². The molecular formula is C55H86N8O20. The number of nitro groups is 1. The summed E-state index contributed by atoms with van der Waals surface area (Å²) in [4.78, 5) is 90.9. The second-order valence-corrected chi connectivity index (χ2v) is 24.7. The summed E-state index contributed by atoms with van der Waals surface area (Å²) in [5.41, 5.74) is -4.42. The molecule has 1 aromatic rings. The molecule has 10 N–H and O–H groups in total. The van der Waals surface area contributed by atoms with Crippen molar-refractivity contribution < 1.29 is 92.0 Å². The van der Waals surface area contributed by atoms with Crippen LogP contribution in [0.5, 0.6) is 0 Å². The first-order chi connectivity index (χ1) is 38.5. The third-order valence-electron chi connectivity index (χ3n) is 13.8. The Morgan fingerprint density at radius 1 is 0.843 bits per heavy atom. The average molecular weight is 1180 g/mol. The molecule has 1 saturated heterocycles. The lowest BCUT2D eigenvalue weighted by Gasteiger charge is -2.52. The van der Waals surface area contributed by atoms with E-state index < -0.39 is 137 Å². The van der Waals surface area contributed by atoms with Gasteiger partial charge in [-0.05, 0) is 145 Å². The summed E-state index contributed by atoms with van der Waals surface area (Å²) in [6, 6.07) is 0.582. The normalized spacial score (nSPS) is 28.4. The number of ether oxygens (including phenoxy) is 8. The van der Waals surface area contributed by atoms with Gasteiger partial charge < -0.3 is 95.1 Å². The minimum Gasteiger partial charge on any atom is -0.491 e. The van der Waals surface area contributed by atoms with Gasteiger partial charge in [-0.1, -0.05) is 6.58 Å². The SMILES string of the molecule is C=C(C)OC(=O)N[C@H]1C[C@H](CN[C@@H]2CC=C(CNC(=O)OCc3ccc([N+](=O)[O-])cc3)O[C@@H]2C2[C@@H](NC(=O)OC(C)(C)C)C[C@@H](NC(=O)[C@@H](O)CCNC(=O)OC(C)(C)C)[C@H](O[C@H]3OC[C@](C)(O)[C@H](N(C)C(=O)OC(C)(C)C)[C@H]3O)[C@H]2O)C1. The number of amides is 6. The van der Waals surface area contributed by atoms with Crippen molar-refractivity contribution in [1.82, 2.24) is 36.8 Å². The largest absolute Gasteiger partial charge is 0.491 e. The first-order valence-corrected chi connectivity index (χ1v) is 27.6. The molecule has 2 heterocycles. The standard InChI is InChI=1S/C55H86N8O20/c1-29(2)78-49(70)59-32-22-31(23-32)25-57-35-19-18-34(26-58-47(68)76-27-30-14-16-33(17-15-30)63(74)75)79-42(35)39-36(61-50(71)82-53(6,7)8)24-37(60-45(67)38(64)20-21-56-48(69)81-52(3,4)5)43(40(39)65)80-46-41(66)44(55(12,73)28-77-46)62(13)51(72)83-54(9,10)11/h14-18,31-32,35-44,46,57,64-66,73H,1,19-28H2,2-13H3,(H,56,69)(H,58,68)(H,59,70)(H,60,67)(H,61,71)/t31-,32-,35-,36+,37-,38+,39?,40+,41-,42+,43+,44-,46-,55+/m1/s1. The number of alkyl carbamates (subject to hydrolysis) is 4. The number of nitro benzene ring substituents is 1. The molecule has 2 saturated carbocycles. The number of hydrogen-bond donors (Lipinski definition) is 10. The average Bonchev–Trinajstić information content (AvgIpc) is 3.48. The van der Waals surface area contributed by atoms with Crippen molar-refractivity contribution in [1.29, 1.82) is 0 Å². The molecule has 0 radical (unpaired) electrons. The van der Waals surface area contributed by atoms with Gasteiger partial charge in [-0.2, -0.15) is 0 Å². The van der Waals surface area contributed by atoms with Crippen LogP contribution in [0.3, 0.4) is 0 Å². The van der Waals surface area contributed by atoms with E-state index in [1.54, 1.807) is 75.3 Å². The van der Waals surface area contributed by atoms with E-state index in [2.05, 4.69) is 38.5 Å². The highest BCUT2D eigenvalue weighted by molar-refractivity contribution is 5.81. The second kappa shape index (κ2) is 28.3. The first-order valence-electron chi connectivity index (χ1n) is 27.6. The van der Waals surface area contributed by atoms with Crippen molar-refractivity contribution in [2.24, 2.45) is 11.8 Å². The summed E-state index contributed by atoms with van der Waals surface area (Å²) in [7, 11) is 1.31. The molecule has 2 aliphatic carbocycles. The second-order valence-electron chi connectivity index (χ2n) is 24.7. The van der Waals surface area contributed by atoms with E-state index in [-0.39, 0.29) is 68.1 Å². The number of rotatable bonds is 20. The number of hydrogen-bond acceptors (Lipinski definition) is 21. The maximum atomic E-state index is 14.1. The smallest absolute Gasteiger partial charge is 0.412 e. The Kier molecular flexibility index (Phi) is 23.0. The van der Waals surface area contributed by atoms with Crippen molar-refractivity contribution >= 4 is 42.1 Å². The summed E-state index contributed by atoms with van der Waals surface area (Å²) >= 11 is 0. The van der Waals surface area contributed by atoms with Gasteiger partial charge >= 0.3 is 30.5 Å². The molecule has 5 rings (SSSR count). The van der Waals surface area contributed by atoms with Crippen LogP contribution in [0.15, 0.2) is 48.4 Å². The van der Waals surface area contributed by atoms with Crippen LogP contribution in [0.25, 0.3) is 0 Å². The summed E-state index contributed by atoms with van der Waals surface area (Å²) in [5, 5.41) is 76.3. The highest BCUT2D eigenvalue weighted by atomic mass is 16.7. The van der Waals surface area contributed by atoms with E-state index in [1.165, 1.54) is 38.2 Å². The molecule has 3 fully saturated rings. The Morgan fingerprint density at radius 2 is 1.47 bits per heavy atom. The summed E-state index contributed by atoms with van der Waals surface area (Å²) in [5.74, 6) is -1.77. The van der Waals surface area contributed by atoms with Crippen LogP contribution in [-0.2, 0) is 49.3 Å². The molecule has 6 amide bonds. The Bertz CT molecular complexity index is 2470. The van der Waals surface area contributed by atoms with Gasteiger partial charge in [0.2, 0.25) is 5.91 Å². The maximum absolute atomic E-state index is 14.1. The molecule has 466 valence electrons. The Labute approximate surface area is 483 Å². The van der Waals surface area contributed by atoms with E-state index in [1.807, 2.05) is 0 Å². The zero-order chi connectivity index (χ0) is 61.9. The minimum atomic E-state index is -1.90. The number of non-ortho nitro benzene ring substituents is 1. The molecule has 1 unspecified atom stereocenters.